The summed E-state index contributed by atoms with van der Waals surface area (Å²) in [5.74, 6) is -0.648. The number of carbonyl (C=O) groups excluding carboxylic acids is 4. The Labute approximate surface area is 191 Å². The zero-order valence-corrected chi connectivity index (χ0v) is 18.8. The second-order valence-electron chi connectivity index (χ2n) is 8.76. The number of nitrogens with zero attached hydrogens (tertiary/aromatic N) is 1. The van der Waals surface area contributed by atoms with Gasteiger partial charge in [0.1, 0.15) is 5.78 Å². The van der Waals surface area contributed by atoms with Gasteiger partial charge in [0.15, 0.2) is 5.78 Å². The van der Waals surface area contributed by atoms with Crippen LogP contribution in [0.1, 0.15) is 71.0 Å². The molecule has 0 spiro atoms. The molecule has 0 saturated heterocycles. The number of fused-ring (bicyclic) bond motifs is 1. The van der Waals surface area contributed by atoms with Crippen molar-refractivity contribution < 1.29 is 19.2 Å². The third-order valence-corrected chi connectivity index (χ3v) is 6.55. The molecule has 2 aliphatic rings. The highest BCUT2D eigenvalue weighted by Crippen LogP contribution is 2.31. The largest absolute Gasteiger partial charge is 0.345 e. The summed E-state index contributed by atoms with van der Waals surface area (Å²) in [7, 11) is 0. The van der Waals surface area contributed by atoms with Crippen molar-refractivity contribution in [2.75, 3.05) is 0 Å². The smallest absolute Gasteiger partial charge is 0.255 e. The van der Waals surface area contributed by atoms with Gasteiger partial charge in [-0.05, 0) is 47.7 Å². The van der Waals surface area contributed by atoms with Crippen LogP contribution in [0.3, 0.4) is 0 Å². The first kappa shape index (κ1) is 22.2. The lowest BCUT2D eigenvalue weighted by Crippen LogP contribution is -2.44. The molecular weight excluding hydrogens is 428 g/mol. The van der Waals surface area contributed by atoms with Gasteiger partial charge >= 0.3 is 0 Å². The van der Waals surface area contributed by atoms with E-state index in [9.17, 15) is 19.2 Å². The molecule has 0 aromatic heterocycles. The second kappa shape index (κ2) is 8.87. The molecule has 166 valence electrons. The fourth-order valence-corrected chi connectivity index (χ4v) is 4.73. The van der Waals surface area contributed by atoms with E-state index in [4.69, 9.17) is 11.6 Å². The van der Waals surface area contributed by atoms with Gasteiger partial charge in [-0.15, -0.1) is 0 Å². The molecule has 2 aromatic rings. The molecule has 2 aromatic carbocycles. The fourth-order valence-electron chi connectivity index (χ4n) is 4.48. The number of nitrogens with one attached hydrogen (secondary N) is 1. The lowest BCUT2D eigenvalue weighted by atomic mass is 9.92. The van der Waals surface area contributed by atoms with Crippen LogP contribution in [0.15, 0.2) is 42.5 Å². The first-order valence-electron chi connectivity index (χ1n) is 10.8. The number of ketones is 2. The Balaban J connectivity index is 1.53. The van der Waals surface area contributed by atoms with Crippen molar-refractivity contribution >= 4 is 35.0 Å². The average Bonchev–Trinajstić information content (AvgIpc) is 3.08. The van der Waals surface area contributed by atoms with E-state index in [0.29, 0.717) is 34.6 Å². The molecule has 1 saturated carbocycles. The first-order chi connectivity index (χ1) is 15.3. The Morgan fingerprint density at radius 3 is 2.56 bits per heavy atom. The van der Waals surface area contributed by atoms with Crippen LogP contribution >= 0.6 is 11.6 Å². The third-order valence-electron chi connectivity index (χ3n) is 6.21. The van der Waals surface area contributed by atoms with Crippen molar-refractivity contribution in [2.45, 2.75) is 51.7 Å². The lowest BCUT2D eigenvalue weighted by molar-refractivity contribution is -0.133. The maximum atomic E-state index is 13.1. The van der Waals surface area contributed by atoms with Crippen LogP contribution in [-0.4, -0.2) is 34.3 Å². The molecule has 6 nitrogen and oxygen atoms in total. The summed E-state index contributed by atoms with van der Waals surface area (Å²) < 4.78 is 0. The van der Waals surface area contributed by atoms with Gasteiger partial charge in [0.2, 0.25) is 0 Å². The van der Waals surface area contributed by atoms with Crippen LogP contribution in [-0.2, 0) is 16.1 Å². The highest BCUT2D eigenvalue weighted by molar-refractivity contribution is 6.31. The Morgan fingerprint density at radius 1 is 1.12 bits per heavy atom. The predicted octanol–water partition coefficient (Wildman–Crippen LogP) is 4.11. The van der Waals surface area contributed by atoms with Gasteiger partial charge in [-0.25, -0.2) is 0 Å². The molecule has 0 radical (unpaired) electrons. The summed E-state index contributed by atoms with van der Waals surface area (Å²) in [5.41, 5.74) is 2.51. The number of hydrogen-bond acceptors (Lipinski definition) is 4. The van der Waals surface area contributed by atoms with E-state index in [1.54, 1.807) is 24.3 Å². The number of carbonyl (C=O) groups is 4. The molecule has 1 unspecified atom stereocenters. The molecular formula is C25H25ClN2O4. The Bertz CT molecular complexity index is 1110. The topological polar surface area (TPSA) is 83.6 Å². The van der Waals surface area contributed by atoms with Gasteiger partial charge in [-0.1, -0.05) is 43.6 Å². The zero-order valence-electron chi connectivity index (χ0n) is 18.1. The SMILES string of the molecule is CC(C)[C@H](NC(=O)c1ccc2c(c1)CN(C1CCC(=O)CC1=O)C2=O)c1ccccc1Cl. The van der Waals surface area contributed by atoms with Gasteiger partial charge in [0.25, 0.3) is 11.8 Å². The van der Waals surface area contributed by atoms with Gasteiger partial charge in [-0.3, -0.25) is 19.2 Å². The standard InChI is InChI=1S/C25H25ClN2O4/c1-14(2)23(19-5-3-4-6-20(19)26)27-24(31)15-7-9-18-16(11-15)13-28(25(18)32)21-10-8-17(29)12-22(21)30/h3-7,9,11,14,21,23H,8,10,12-13H2,1-2H3,(H,27,31)/t21?,23-/m0/s1. The van der Waals surface area contributed by atoms with Crippen molar-refractivity contribution in [3.8, 4) is 0 Å². The van der Waals surface area contributed by atoms with E-state index >= 15 is 0 Å². The van der Waals surface area contributed by atoms with Gasteiger partial charge < -0.3 is 10.2 Å². The Hall–Kier alpha value is -2.99. The molecule has 0 bridgehead atoms. The Morgan fingerprint density at radius 2 is 1.88 bits per heavy atom. The predicted molar refractivity (Wildman–Crippen MR) is 120 cm³/mol. The molecule has 1 aliphatic heterocycles. The molecule has 2 atom stereocenters. The number of amides is 2. The maximum Gasteiger partial charge on any atom is 0.255 e. The number of benzene rings is 2. The van der Waals surface area contributed by atoms with Crippen molar-refractivity contribution in [2.24, 2.45) is 5.92 Å². The molecule has 4 rings (SSSR count). The van der Waals surface area contributed by atoms with E-state index in [1.807, 2.05) is 32.0 Å². The number of hydrogen-bond donors (Lipinski definition) is 1. The molecule has 1 heterocycles. The molecule has 32 heavy (non-hydrogen) atoms. The minimum absolute atomic E-state index is 0.0763. The lowest BCUT2D eigenvalue weighted by Gasteiger charge is -2.29. The summed E-state index contributed by atoms with van der Waals surface area (Å²) in [5, 5.41) is 3.66. The van der Waals surface area contributed by atoms with Crippen molar-refractivity contribution in [3.63, 3.8) is 0 Å². The van der Waals surface area contributed by atoms with Crippen LogP contribution in [0, 0.1) is 5.92 Å². The Kier molecular flexibility index (Phi) is 6.15. The minimum atomic E-state index is -0.574. The molecule has 2 amide bonds. The van der Waals surface area contributed by atoms with Crippen LogP contribution < -0.4 is 5.32 Å². The normalized spacial score (nSPS) is 19.3. The quantitative estimate of drug-likeness (QED) is 0.692. The zero-order chi connectivity index (χ0) is 23.0. The van der Waals surface area contributed by atoms with Crippen molar-refractivity contribution in [3.05, 3.63) is 69.7 Å². The first-order valence-corrected chi connectivity index (χ1v) is 11.2. The van der Waals surface area contributed by atoms with Crippen LogP contribution in [0.2, 0.25) is 5.02 Å². The van der Waals surface area contributed by atoms with Crippen molar-refractivity contribution in [1.82, 2.24) is 10.2 Å². The maximum absolute atomic E-state index is 13.1. The summed E-state index contributed by atoms with van der Waals surface area (Å²) in [6, 6.07) is 11.6. The molecule has 1 fully saturated rings. The fraction of sp³-hybridized carbons (Fsp3) is 0.360. The third kappa shape index (κ3) is 4.19. The van der Waals surface area contributed by atoms with E-state index in [1.165, 1.54) is 4.90 Å². The van der Waals surface area contributed by atoms with Gasteiger partial charge in [0.05, 0.1) is 18.5 Å². The van der Waals surface area contributed by atoms with E-state index < -0.39 is 6.04 Å². The minimum Gasteiger partial charge on any atom is -0.345 e. The van der Waals surface area contributed by atoms with Crippen LogP contribution in [0.4, 0.5) is 0 Å². The van der Waals surface area contributed by atoms with Crippen LogP contribution in [0.5, 0.6) is 0 Å². The molecule has 7 heteroatoms. The average molecular weight is 453 g/mol. The number of rotatable bonds is 5. The monoisotopic (exact) mass is 452 g/mol. The summed E-state index contributed by atoms with van der Waals surface area (Å²) in [6.07, 6.45) is 0.554. The van der Waals surface area contributed by atoms with E-state index in [2.05, 4.69) is 5.32 Å². The number of halogens is 1. The second-order valence-corrected chi connectivity index (χ2v) is 9.17. The molecule has 1 aliphatic carbocycles. The summed E-state index contributed by atoms with van der Waals surface area (Å²) in [6.45, 7) is 4.29. The van der Waals surface area contributed by atoms with E-state index in [-0.39, 0.29) is 48.3 Å². The van der Waals surface area contributed by atoms with E-state index in [0.717, 1.165) is 5.56 Å². The summed E-state index contributed by atoms with van der Waals surface area (Å²) >= 11 is 6.35. The van der Waals surface area contributed by atoms with Crippen LogP contribution in [0.25, 0.3) is 0 Å². The highest BCUT2D eigenvalue weighted by Gasteiger charge is 2.39. The van der Waals surface area contributed by atoms with Gasteiger partial charge in [0, 0.05) is 29.1 Å². The van der Waals surface area contributed by atoms with Gasteiger partial charge in [-0.2, -0.15) is 0 Å². The molecule has 1 N–H and O–H groups in total. The van der Waals surface area contributed by atoms with Crippen molar-refractivity contribution in [1.29, 1.82) is 0 Å². The number of Topliss-reactive ketones (excluding diaryl/α,β-unsaturated/α-hetero) is 2. The summed E-state index contributed by atoms with van der Waals surface area (Å²) in [4.78, 5) is 51.3. The highest BCUT2D eigenvalue weighted by atomic mass is 35.5.